The lowest BCUT2D eigenvalue weighted by Crippen LogP contribution is -2.28. The maximum Gasteiger partial charge on any atom is 0.220 e. The molecule has 0 aliphatic carbocycles. The molecule has 4 nitrogen and oxygen atoms in total. The summed E-state index contributed by atoms with van der Waals surface area (Å²) in [6.07, 6.45) is 4.11. The molecule has 1 aliphatic heterocycles. The highest BCUT2D eigenvalue weighted by molar-refractivity contribution is 5.74. The first kappa shape index (κ1) is 12.9. The summed E-state index contributed by atoms with van der Waals surface area (Å²) in [5, 5.41) is 4.72. The summed E-state index contributed by atoms with van der Waals surface area (Å²) in [4.78, 5) is 13.6. The maximum atomic E-state index is 11.7. The molecule has 0 bridgehead atoms. The van der Waals surface area contributed by atoms with Crippen molar-refractivity contribution in [2.75, 3.05) is 6.54 Å². The van der Waals surface area contributed by atoms with Crippen LogP contribution in [0, 0.1) is 6.92 Å². The van der Waals surface area contributed by atoms with Gasteiger partial charge in [-0.15, -0.1) is 0 Å². The zero-order valence-corrected chi connectivity index (χ0v) is 11.9. The lowest BCUT2D eigenvalue weighted by molar-refractivity contribution is -0.129. The van der Waals surface area contributed by atoms with Gasteiger partial charge in [-0.05, 0) is 37.5 Å². The Hall–Kier alpha value is -2.10. The van der Waals surface area contributed by atoms with E-state index in [1.54, 1.807) is 6.92 Å². The SMILES string of the molecule is CC(=O)N1CCC[C@@H]1c1nn(-c2ccccc2)cc1C. The van der Waals surface area contributed by atoms with Crippen LogP contribution in [-0.4, -0.2) is 27.1 Å². The minimum atomic E-state index is 0.137. The highest BCUT2D eigenvalue weighted by Crippen LogP contribution is 2.33. The predicted octanol–water partition coefficient (Wildman–Crippen LogP) is 2.86. The fourth-order valence-corrected chi connectivity index (χ4v) is 2.94. The molecule has 0 N–H and O–H groups in total. The fraction of sp³-hybridized carbons (Fsp3) is 0.375. The first-order chi connectivity index (χ1) is 9.66. The van der Waals surface area contributed by atoms with Crippen molar-refractivity contribution in [3.05, 3.63) is 47.8 Å². The van der Waals surface area contributed by atoms with Crippen molar-refractivity contribution in [2.24, 2.45) is 0 Å². The summed E-state index contributed by atoms with van der Waals surface area (Å²) in [5.74, 6) is 0.140. The summed E-state index contributed by atoms with van der Waals surface area (Å²) < 4.78 is 1.90. The molecule has 4 heteroatoms. The number of nitrogens with zero attached hydrogens (tertiary/aromatic N) is 3. The number of amides is 1. The van der Waals surface area contributed by atoms with Gasteiger partial charge in [-0.2, -0.15) is 5.10 Å². The van der Waals surface area contributed by atoms with Gasteiger partial charge in [-0.1, -0.05) is 18.2 Å². The number of aromatic nitrogens is 2. The van der Waals surface area contributed by atoms with Crippen molar-refractivity contribution in [3.63, 3.8) is 0 Å². The van der Waals surface area contributed by atoms with Gasteiger partial charge >= 0.3 is 0 Å². The zero-order valence-electron chi connectivity index (χ0n) is 11.9. The van der Waals surface area contributed by atoms with Crippen LogP contribution in [0.25, 0.3) is 5.69 Å². The molecule has 0 unspecified atom stereocenters. The molecule has 0 spiro atoms. The summed E-state index contributed by atoms with van der Waals surface area (Å²) >= 11 is 0. The van der Waals surface area contributed by atoms with E-state index in [1.165, 1.54) is 0 Å². The Balaban J connectivity index is 1.95. The molecule has 1 aromatic carbocycles. The number of aryl methyl sites for hydroxylation is 1. The number of benzene rings is 1. The van der Waals surface area contributed by atoms with E-state index in [-0.39, 0.29) is 11.9 Å². The smallest absolute Gasteiger partial charge is 0.220 e. The molecule has 20 heavy (non-hydrogen) atoms. The van der Waals surface area contributed by atoms with E-state index in [0.29, 0.717) is 0 Å². The molecular formula is C16H19N3O. The number of carbonyl (C=O) groups excluding carboxylic acids is 1. The van der Waals surface area contributed by atoms with Gasteiger partial charge in [-0.25, -0.2) is 4.68 Å². The average Bonchev–Trinajstić information content (AvgIpc) is 3.05. The molecule has 0 radical (unpaired) electrons. The highest BCUT2D eigenvalue weighted by Gasteiger charge is 2.30. The van der Waals surface area contributed by atoms with Crippen molar-refractivity contribution in [1.82, 2.24) is 14.7 Å². The number of hydrogen-bond donors (Lipinski definition) is 0. The van der Waals surface area contributed by atoms with Gasteiger partial charge in [0, 0.05) is 19.7 Å². The van der Waals surface area contributed by atoms with Crippen LogP contribution in [-0.2, 0) is 4.79 Å². The third kappa shape index (κ3) is 2.22. The molecule has 1 aromatic heterocycles. The van der Waals surface area contributed by atoms with Crippen LogP contribution in [0.15, 0.2) is 36.5 Å². The van der Waals surface area contributed by atoms with Crippen LogP contribution in [0.3, 0.4) is 0 Å². The fourth-order valence-electron chi connectivity index (χ4n) is 2.94. The largest absolute Gasteiger partial charge is 0.334 e. The van der Waals surface area contributed by atoms with E-state index >= 15 is 0 Å². The molecule has 2 aromatic rings. The van der Waals surface area contributed by atoms with E-state index in [9.17, 15) is 4.79 Å². The normalized spacial score (nSPS) is 18.5. The van der Waals surface area contributed by atoms with Gasteiger partial charge in [-0.3, -0.25) is 4.79 Å². The number of rotatable bonds is 2. The third-order valence-corrected chi connectivity index (χ3v) is 3.93. The molecule has 1 amide bonds. The second-order valence-electron chi connectivity index (χ2n) is 5.35. The maximum absolute atomic E-state index is 11.7. The number of para-hydroxylation sites is 1. The second-order valence-corrected chi connectivity index (χ2v) is 5.35. The Morgan fingerprint density at radius 1 is 1.30 bits per heavy atom. The molecule has 0 saturated carbocycles. The summed E-state index contributed by atoms with van der Waals surface area (Å²) in [5.41, 5.74) is 3.22. The molecule has 1 fully saturated rings. The predicted molar refractivity (Wildman–Crippen MR) is 77.7 cm³/mol. The van der Waals surface area contributed by atoms with Crippen molar-refractivity contribution < 1.29 is 4.79 Å². The Morgan fingerprint density at radius 3 is 2.75 bits per heavy atom. The van der Waals surface area contributed by atoms with Crippen molar-refractivity contribution in [2.45, 2.75) is 32.7 Å². The summed E-state index contributed by atoms with van der Waals surface area (Å²) in [6, 6.07) is 10.2. The van der Waals surface area contributed by atoms with E-state index in [2.05, 4.69) is 6.92 Å². The first-order valence-electron chi connectivity index (χ1n) is 7.05. The standard InChI is InChI=1S/C16H19N3O/c1-12-11-19(14-7-4-3-5-8-14)17-16(12)15-9-6-10-18(15)13(2)20/h3-5,7-8,11,15H,6,9-10H2,1-2H3/t15-/m1/s1. The lowest BCUT2D eigenvalue weighted by Gasteiger charge is -2.22. The van der Waals surface area contributed by atoms with Crippen LogP contribution in [0.4, 0.5) is 0 Å². The van der Waals surface area contributed by atoms with Crippen LogP contribution in [0.5, 0.6) is 0 Å². The molecule has 1 saturated heterocycles. The number of likely N-dealkylation sites (tertiary alicyclic amines) is 1. The minimum Gasteiger partial charge on any atom is -0.334 e. The van der Waals surface area contributed by atoms with Crippen LogP contribution in [0.1, 0.15) is 37.1 Å². The molecular weight excluding hydrogens is 250 g/mol. The van der Waals surface area contributed by atoms with E-state index in [0.717, 1.165) is 36.3 Å². The van der Waals surface area contributed by atoms with Gasteiger partial charge in [0.2, 0.25) is 5.91 Å². The van der Waals surface area contributed by atoms with Gasteiger partial charge in [0.05, 0.1) is 17.4 Å². The molecule has 1 aliphatic rings. The van der Waals surface area contributed by atoms with Crippen molar-refractivity contribution in [1.29, 1.82) is 0 Å². The van der Waals surface area contributed by atoms with E-state index in [1.807, 2.05) is 46.1 Å². The van der Waals surface area contributed by atoms with Crippen LogP contribution in [0.2, 0.25) is 0 Å². The quantitative estimate of drug-likeness (QED) is 0.840. The van der Waals surface area contributed by atoms with Crippen molar-refractivity contribution in [3.8, 4) is 5.69 Å². The molecule has 3 rings (SSSR count). The average molecular weight is 269 g/mol. The second kappa shape index (κ2) is 5.12. The van der Waals surface area contributed by atoms with Crippen LogP contribution >= 0.6 is 0 Å². The highest BCUT2D eigenvalue weighted by atomic mass is 16.2. The molecule has 2 heterocycles. The first-order valence-corrected chi connectivity index (χ1v) is 7.05. The van der Waals surface area contributed by atoms with E-state index < -0.39 is 0 Å². The topological polar surface area (TPSA) is 38.1 Å². The lowest BCUT2D eigenvalue weighted by atomic mass is 10.1. The number of carbonyl (C=O) groups is 1. The Bertz CT molecular complexity index is 618. The minimum absolute atomic E-state index is 0.137. The molecule has 1 atom stereocenters. The Labute approximate surface area is 119 Å². The third-order valence-electron chi connectivity index (χ3n) is 3.93. The monoisotopic (exact) mass is 269 g/mol. The van der Waals surface area contributed by atoms with E-state index in [4.69, 9.17) is 5.10 Å². The Morgan fingerprint density at radius 2 is 2.05 bits per heavy atom. The van der Waals surface area contributed by atoms with Crippen LogP contribution < -0.4 is 0 Å². The van der Waals surface area contributed by atoms with Gasteiger partial charge in [0.25, 0.3) is 0 Å². The van der Waals surface area contributed by atoms with Gasteiger partial charge in [0.15, 0.2) is 0 Å². The Kier molecular flexibility index (Phi) is 3.30. The van der Waals surface area contributed by atoms with Crippen molar-refractivity contribution >= 4 is 5.91 Å². The van der Waals surface area contributed by atoms with Gasteiger partial charge < -0.3 is 4.90 Å². The molecule has 104 valence electrons. The number of hydrogen-bond acceptors (Lipinski definition) is 2. The summed E-state index contributed by atoms with van der Waals surface area (Å²) in [6.45, 7) is 4.55. The summed E-state index contributed by atoms with van der Waals surface area (Å²) in [7, 11) is 0. The van der Waals surface area contributed by atoms with Gasteiger partial charge in [0.1, 0.15) is 0 Å². The zero-order chi connectivity index (χ0) is 14.1.